The molecule has 1 saturated heterocycles. The number of nitrogens with zero attached hydrogens (tertiary/aromatic N) is 5. The third-order valence-electron chi connectivity index (χ3n) is 6.71. The van der Waals surface area contributed by atoms with E-state index >= 15 is 0 Å². The van der Waals surface area contributed by atoms with E-state index in [0.29, 0.717) is 28.1 Å². The van der Waals surface area contributed by atoms with Gasteiger partial charge in [-0.15, -0.1) is 0 Å². The first kappa shape index (κ1) is 26.1. The van der Waals surface area contributed by atoms with Crippen LogP contribution in [0, 0.1) is 0 Å². The van der Waals surface area contributed by atoms with Crippen LogP contribution in [0.5, 0.6) is 0 Å². The molecule has 202 valence electrons. The first-order chi connectivity index (χ1) is 18.8. The van der Waals surface area contributed by atoms with Gasteiger partial charge < -0.3 is 25.8 Å². The van der Waals surface area contributed by atoms with E-state index in [0.717, 1.165) is 24.3 Å². The van der Waals surface area contributed by atoms with Gasteiger partial charge in [0.25, 0.3) is 5.56 Å². The third-order valence-corrected chi connectivity index (χ3v) is 6.71. The van der Waals surface area contributed by atoms with E-state index in [2.05, 4.69) is 47.9 Å². The van der Waals surface area contributed by atoms with Crippen molar-refractivity contribution < 1.29 is 4.79 Å². The zero-order valence-electron chi connectivity index (χ0n) is 22.4. The molecular weight excluding hydrogens is 494 g/mol. The van der Waals surface area contributed by atoms with Crippen molar-refractivity contribution in [1.29, 1.82) is 0 Å². The lowest BCUT2D eigenvalue weighted by Crippen LogP contribution is -2.17. The van der Waals surface area contributed by atoms with Gasteiger partial charge in [0, 0.05) is 44.5 Å². The van der Waals surface area contributed by atoms with Crippen LogP contribution in [0.1, 0.15) is 45.2 Å². The fraction of sp³-hybridized carbons (Fsp3) is 0.321. The van der Waals surface area contributed by atoms with Crippen LogP contribution in [0.25, 0.3) is 11.0 Å². The van der Waals surface area contributed by atoms with E-state index in [-0.39, 0.29) is 30.0 Å². The van der Waals surface area contributed by atoms with Crippen LogP contribution in [0.3, 0.4) is 0 Å². The van der Waals surface area contributed by atoms with Crippen molar-refractivity contribution >= 4 is 51.3 Å². The average Bonchev–Trinajstić information content (AvgIpc) is 3.57. The van der Waals surface area contributed by atoms with Crippen LogP contribution in [0.2, 0.25) is 0 Å². The molecule has 0 atom stereocenters. The summed E-state index contributed by atoms with van der Waals surface area (Å²) < 4.78 is 1.92. The van der Waals surface area contributed by atoms with Crippen LogP contribution in [0.4, 0.5) is 34.4 Å². The molecule has 0 radical (unpaired) electrons. The number of aromatic amines is 1. The van der Waals surface area contributed by atoms with Crippen LogP contribution in [0.15, 0.2) is 63.7 Å². The highest BCUT2D eigenvalue weighted by atomic mass is 16.1. The third kappa shape index (κ3) is 5.68. The molecule has 3 heterocycles. The number of fused-ring (bicyclic) bond motifs is 1. The Kier molecular flexibility index (Phi) is 7.42. The van der Waals surface area contributed by atoms with Crippen molar-refractivity contribution in [2.75, 3.05) is 28.6 Å². The molecule has 5 rings (SSSR count). The number of hydrogen-bond donors (Lipinski definition) is 4. The molecule has 2 aromatic carbocycles. The van der Waals surface area contributed by atoms with Gasteiger partial charge in [0.1, 0.15) is 5.65 Å². The highest BCUT2D eigenvalue weighted by molar-refractivity contribution is 5.94. The molecular formula is C28H33N9O2. The number of carbonyl (C=O) groups is 1. The van der Waals surface area contributed by atoms with E-state index in [1.807, 2.05) is 36.7 Å². The normalized spacial score (nSPS) is 13.6. The second kappa shape index (κ2) is 11.1. The first-order valence-corrected chi connectivity index (χ1v) is 13.1. The monoisotopic (exact) mass is 527 g/mol. The summed E-state index contributed by atoms with van der Waals surface area (Å²) in [6, 6.07) is 13.3. The van der Waals surface area contributed by atoms with E-state index in [1.165, 1.54) is 25.5 Å². The Balaban J connectivity index is 1.45. The quantitative estimate of drug-likeness (QED) is 0.223. The molecule has 39 heavy (non-hydrogen) atoms. The van der Waals surface area contributed by atoms with E-state index in [4.69, 9.17) is 5.73 Å². The Bertz CT molecular complexity index is 1580. The number of H-pyrrole nitrogens is 1. The van der Waals surface area contributed by atoms with E-state index in [1.54, 1.807) is 18.2 Å². The van der Waals surface area contributed by atoms with Crippen molar-refractivity contribution in [3.63, 3.8) is 0 Å². The van der Waals surface area contributed by atoms with Gasteiger partial charge in [-0.05, 0) is 74.7 Å². The average molecular weight is 528 g/mol. The molecule has 1 aliphatic rings. The molecule has 2 aromatic heterocycles. The number of rotatable bonds is 8. The number of aromatic nitrogens is 3. The minimum Gasteiger partial charge on any atom is -0.372 e. The predicted octanol–water partition coefficient (Wildman–Crippen LogP) is 5.48. The van der Waals surface area contributed by atoms with Gasteiger partial charge in [0.05, 0.1) is 28.1 Å². The number of nitrogens with two attached hydrogens (primary N) is 1. The zero-order valence-corrected chi connectivity index (χ0v) is 22.4. The molecule has 0 bridgehead atoms. The predicted molar refractivity (Wildman–Crippen MR) is 155 cm³/mol. The standard InChI is InChI=1S/C28H33N9O2/c1-17(2)37-16-19(15-29)25-26(37)32-28(33-27(25)39)31-24-14-21(8-11-23(24)30-18(3)38)35-34-20-6-9-22(10-7-20)36-12-4-5-13-36/h6-11,14,16-17H,4-5,12-13,15,29H2,1-3H3,(H,30,38)(H2,31,32,33,39). The number of anilines is 4. The molecule has 0 spiro atoms. The van der Waals surface area contributed by atoms with Gasteiger partial charge in [-0.25, -0.2) is 0 Å². The Morgan fingerprint density at radius 2 is 1.77 bits per heavy atom. The Labute approximate surface area is 226 Å². The number of carbonyl (C=O) groups excluding carboxylic acids is 1. The fourth-order valence-electron chi connectivity index (χ4n) is 4.78. The van der Waals surface area contributed by atoms with Crippen LogP contribution in [-0.4, -0.2) is 33.5 Å². The highest BCUT2D eigenvalue weighted by Crippen LogP contribution is 2.31. The maximum Gasteiger partial charge on any atom is 0.262 e. The molecule has 1 amide bonds. The Morgan fingerprint density at radius 3 is 2.44 bits per heavy atom. The molecule has 11 nitrogen and oxygen atoms in total. The second-order valence-corrected chi connectivity index (χ2v) is 9.92. The first-order valence-electron chi connectivity index (χ1n) is 13.1. The topological polar surface area (TPSA) is 146 Å². The summed E-state index contributed by atoms with van der Waals surface area (Å²) in [5, 5.41) is 15.2. The summed E-state index contributed by atoms with van der Waals surface area (Å²) in [5.74, 6) is -0.00189. The fourth-order valence-corrected chi connectivity index (χ4v) is 4.78. The SMILES string of the molecule is CC(=O)Nc1ccc(N=Nc2ccc(N3CCCC3)cc2)cc1Nc1nc2c(c(CN)cn2C(C)C)c(=O)[nH]1. The number of hydrogen-bond acceptors (Lipinski definition) is 8. The van der Waals surface area contributed by atoms with Crippen molar-refractivity contribution in [2.45, 2.75) is 46.2 Å². The van der Waals surface area contributed by atoms with Crippen LogP contribution in [-0.2, 0) is 11.3 Å². The lowest BCUT2D eigenvalue weighted by Gasteiger charge is -2.17. The summed E-state index contributed by atoms with van der Waals surface area (Å²) in [6.45, 7) is 7.86. The molecule has 4 aromatic rings. The van der Waals surface area contributed by atoms with E-state index < -0.39 is 0 Å². The Morgan fingerprint density at radius 1 is 1.08 bits per heavy atom. The highest BCUT2D eigenvalue weighted by Gasteiger charge is 2.17. The summed E-state index contributed by atoms with van der Waals surface area (Å²) in [5.41, 5.74) is 10.4. The molecule has 1 fully saturated rings. The summed E-state index contributed by atoms with van der Waals surface area (Å²) in [4.78, 5) is 34.7. The smallest absolute Gasteiger partial charge is 0.262 e. The summed E-state index contributed by atoms with van der Waals surface area (Å²) in [6.07, 6.45) is 4.31. The molecule has 11 heteroatoms. The number of amides is 1. The minimum atomic E-state index is -0.295. The maximum absolute atomic E-state index is 13.0. The van der Waals surface area contributed by atoms with Gasteiger partial charge in [-0.2, -0.15) is 15.2 Å². The summed E-state index contributed by atoms with van der Waals surface area (Å²) >= 11 is 0. The lowest BCUT2D eigenvalue weighted by molar-refractivity contribution is -0.114. The molecule has 1 aliphatic heterocycles. The second-order valence-electron chi connectivity index (χ2n) is 9.92. The maximum atomic E-state index is 13.0. The van der Waals surface area contributed by atoms with Gasteiger partial charge in [0.15, 0.2) is 0 Å². The van der Waals surface area contributed by atoms with Gasteiger partial charge in [-0.1, -0.05) is 0 Å². The van der Waals surface area contributed by atoms with E-state index in [9.17, 15) is 9.59 Å². The molecule has 0 aliphatic carbocycles. The van der Waals surface area contributed by atoms with Crippen molar-refractivity contribution in [1.82, 2.24) is 14.5 Å². The van der Waals surface area contributed by atoms with Crippen molar-refractivity contribution in [2.24, 2.45) is 16.0 Å². The van der Waals surface area contributed by atoms with Crippen molar-refractivity contribution in [3.05, 3.63) is 64.6 Å². The van der Waals surface area contributed by atoms with Gasteiger partial charge in [0.2, 0.25) is 11.9 Å². The van der Waals surface area contributed by atoms with Crippen LogP contribution < -0.4 is 26.8 Å². The molecule has 0 unspecified atom stereocenters. The minimum absolute atomic E-state index is 0.0815. The Hall–Kier alpha value is -4.51. The summed E-state index contributed by atoms with van der Waals surface area (Å²) in [7, 11) is 0. The lowest BCUT2D eigenvalue weighted by atomic mass is 10.2. The number of nitrogens with one attached hydrogen (secondary N) is 3. The van der Waals surface area contributed by atoms with Gasteiger partial charge in [-0.3, -0.25) is 14.6 Å². The van der Waals surface area contributed by atoms with Crippen molar-refractivity contribution in [3.8, 4) is 0 Å². The largest absolute Gasteiger partial charge is 0.372 e. The molecule has 5 N–H and O–H groups in total. The van der Waals surface area contributed by atoms with Crippen LogP contribution >= 0.6 is 0 Å². The molecule has 0 saturated carbocycles. The number of benzene rings is 2. The van der Waals surface area contributed by atoms with Gasteiger partial charge >= 0.3 is 0 Å². The number of azo groups is 1. The zero-order chi connectivity index (χ0) is 27.5.